The second-order valence-electron chi connectivity index (χ2n) is 4.15. The van der Waals surface area contributed by atoms with Crippen LogP contribution in [0, 0.1) is 11.6 Å². The van der Waals surface area contributed by atoms with Gasteiger partial charge in [-0.25, -0.2) is 8.78 Å². The van der Waals surface area contributed by atoms with E-state index in [-0.39, 0.29) is 23.9 Å². The first-order chi connectivity index (χ1) is 8.16. The zero-order chi connectivity index (χ0) is 12.3. The van der Waals surface area contributed by atoms with Gasteiger partial charge in [-0.3, -0.25) is 4.79 Å². The van der Waals surface area contributed by atoms with E-state index in [1.807, 2.05) is 0 Å². The lowest BCUT2D eigenvalue weighted by atomic mass is 10.1. The topological polar surface area (TPSA) is 41.1 Å². The molecule has 1 saturated heterocycles. The molecule has 0 unspecified atom stereocenters. The van der Waals surface area contributed by atoms with Crippen molar-refractivity contribution in [3.8, 4) is 0 Å². The van der Waals surface area contributed by atoms with Gasteiger partial charge in [0.05, 0.1) is 6.42 Å². The summed E-state index contributed by atoms with van der Waals surface area (Å²) in [5.41, 5.74) is 0.0912. The average Bonchev–Trinajstić information content (AvgIpc) is 2.77. The van der Waals surface area contributed by atoms with Gasteiger partial charge in [0.1, 0.15) is 0 Å². The molecule has 1 amide bonds. The molecule has 1 aliphatic rings. The lowest BCUT2D eigenvalue weighted by molar-refractivity contribution is -0.121. The lowest BCUT2D eigenvalue weighted by Crippen LogP contribution is -2.37. The monoisotopic (exact) mass is 240 g/mol. The predicted molar refractivity (Wildman–Crippen MR) is 59.5 cm³/mol. The van der Waals surface area contributed by atoms with Crippen molar-refractivity contribution >= 4 is 5.91 Å². The predicted octanol–water partition coefficient (Wildman–Crippen LogP) is 0.985. The van der Waals surface area contributed by atoms with Crippen molar-refractivity contribution < 1.29 is 13.6 Å². The molecule has 0 bridgehead atoms. The summed E-state index contributed by atoms with van der Waals surface area (Å²) in [6, 6.07) is 3.96. The minimum absolute atomic E-state index is 0.0912. The summed E-state index contributed by atoms with van der Waals surface area (Å²) in [6.07, 6.45) is 0.747. The Hall–Kier alpha value is -1.49. The molecular weight excluding hydrogens is 226 g/mol. The largest absolute Gasteiger partial charge is 0.352 e. The van der Waals surface area contributed by atoms with Crippen LogP contribution in [0.2, 0.25) is 0 Å². The number of carbonyl (C=O) groups excluding carboxylic acids is 1. The minimum Gasteiger partial charge on any atom is -0.352 e. The molecule has 0 spiro atoms. The zero-order valence-electron chi connectivity index (χ0n) is 9.30. The number of benzene rings is 1. The van der Waals surface area contributed by atoms with E-state index in [0.29, 0.717) is 0 Å². The van der Waals surface area contributed by atoms with Crippen LogP contribution in [0.25, 0.3) is 0 Å². The highest BCUT2D eigenvalue weighted by Gasteiger charge is 2.18. The molecule has 0 radical (unpaired) electrons. The number of halogens is 2. The van der Waals surface area contributed by atoms with Crippen LogP contribution in [0.5, 0.6) is 0 Å². The van der Waals surface area contributed by atoms with Gasteiger partial charge in [0.15, 0.2) is 11.6 Å². The van der Waals surface area contributed by atoms with Crippen LogP contribution >= 0.6 is 0 Å². The molecule has 1 aromatic carbocycles. The minimum atomic E-state index is -0.938. The Balaban J connectivity index is 1.95. The lowest BCUT2D eigenvalue weighted by Gasteiger charge is -2.11. The molecule has 2 N–H and O–H groups in total. The second-order valence-corrected chi connectivity index (χ2v) is 4.15. The quantitative estimate of drug-likeness (QED) is 0.827. The van der Waals surface area contributed by atoms with E-state index in [0.717, 1.165) is 25.6 Å². The van der Waals surface area contributed by atoms with E-state index >= 15 is 0 Å². The fourth-order valence-corrected chi connectivity index (χ4v) is 1.91. The SMILES string of the molecule is O=C(Cc1cccc(F)c1F)N[C@@H]1CCNC1. The standard InChI is InChI=1S/C12H14F2N2O/c13-10-3-1-2-8(12(10)14)6-11(17)16-9-4-5-15-7-9/h1-3,9,15H,4-7H2,(H,16,17)/t9-/m1/s1. The first-order valence-corrected chi connectivity index (χ1v) is 5.60. The molecule has 0 aromatic heterocycles. The summed E-state index contributed by atoms with van der Waals surface area (Å²) in [5, 5.41) is 5.90. The van der Waals surface area contributed by atoms with Gasteiger partial charge in [-0.2, -0.15) is 0 Å². The van der Waals surface area contributed by atoms with Gasteiger partial charge in [0.25, 0.3) is 0 Å². The van der Waals surface area contributed by atoms with E-state index in [9.17, 15) is 13.6 Å². The van der Waals surface area contributed by atoms with E-state index in [2.05, 4.69) is 10.6 Å². The van der Waals surface area contributed by atoms with Gasteiger partial charge < -0.3 is 10.6 Å². The Bertz CT molecular complexity index is 417. The fraction of sp³-hybridized carbons (Fsp3) is 0.417. The summed E-state index contributed by atoms with van der Waals surface area (Å²) >= 11 is 0. The highest BCUT2D eigenvalue weighted by Crippen LogP contribution is 2.12. The third-order valence-corrected chi connectivity index (χ3v) is 2.81. The number of nitrogens with one attached hydrogen (secondary N) is 2. The van der Waals surface area contributed by atoms with Crippen LogP contribution in [0.3, 0.4) is 0 Å². The number of amides is 1. The van der Waals surface area contributed by atoms with Crippen LogP contribution in [0.15, 0.2) is 18.2 Å². The molecule has 17 heavy (non-hydrogen) atoms. The number of hydrogen-bond donors (Lipinski definition) is 2. The maximum Gasteiger partial charge on any atom is 0.224 e. The first-order valence-electron chi connectivity index (χ1n) is 5.60. The summed E-state index contributed by atoms with van der Waals surface area (Å²) in [5.74, 6) is -2.13. The van der Waals surface area contributed by atoms with Crippen LogP contribution in [0.4, 0.5) is 8.78 Å². The number of rotatable bonds is 3. The molecule has 2 rings (SSSR count). The molecule has 0 saturated carbocycles. The molecular formula is C12H14F2N2O. The van der Waals surface area contributed by atoms with Gasteiger partial charge in [0.2, 0.25) is 5.91 Å². The maximum absolute atomic E-state index is 13.3. The van der Waals surface area contributed by atoms with Crippen LogP contribution in [0.1, 0.15) is 12.0 Å². The van der Waals surface area contributed by atoms with Crippen molar-refractivity contribution in [3.05, 3.63) is 35.4 Å². The maximum atomic E-state index is 13.3. The zero-order valence-corrected chi connectivity index (χ0v) is 9.30. The highest BCUT2D eigenvalue weighted by molar-refractivity contribution is 5.79. The van der Waals surface area contributed by atoms with Crippen LogP contribution < -0.4 is 10.6 Å². The van der Waals surface area contributed by atoms with Crippen molar-refractivity contribution in [2.24, 2.45) is 0 Å². The fourth-order valence-electron chi connectivity index (χ4n) is 1.91. The van der Waals surface area contributed by atoms with Gasteiger partial charge in [-0.05, 0) is 19.0 Å². The van der Waals surface area contributed by atoms with Crippen molar-refractivity contribution in [1.29, 1.82) is 0 Å². The van der Waals surface area contributed by atoms with Gasteiger partial charge >= 0.3 is 0 Å². The van der Waals surface area contributed by atoms with E-state index in [1.165, 1.54) is 12.1 Å². The molecule has 1 heterocycles. The first kappa shape index (κ1) is 12.0. The Labute approximate surface area is 98.2 Å². The molecule has 92 valence electrons. The normalized spacial score (nSPS) is 19.3. The summed E-state index contributed by atoms with van der Waals surface area (Å²) in [6.45, 7) is 1.61. The molecule has 0 aliphatic carbocycles. The van der Waals surface area contributed by atoms with Crippen molar-refractivity contribution in [1.82, 2.24) is 10.6 Å². The number of hydrogen-bond acceptors (Lipinski definition) is 2. The Morgan fingerprint density at radius 2 is 2.29 bits per heavy atom. The van der Waals surface area contributed by atoms with Gasteiger partial charge in [-0.1, -0.05) is 12.1 Å². The van der Waals surface area contributed by atoms with Crippen molar-refractivity contribution in [2.75, 3.05) is 13.1 Å². The molecule has 1 fully saturated rings. The summed E-state index contributed by atoms with van der Waals surface area (Å²) < 4.78 is 26.2. The van der Waals surface area contributed by atoms with E-state index < -0.39 is 11.6 Å². The number of carbonyl (C=O) groups is 1. The molecule has 3 nitrogen and oxygen atoms in total. The second kappa shape index (κ2) is 5.23. The van der Waals surface area contributed by atoms with Gasteiger partial charge in [-0.15, -0.1) is 0 Å². The Morgan fingerprint density at radius 1 is 1.47 bits per heavy atom. The molecule has 1 aliphatic heterocycles. The van der Waals surface area contributed by atoms with E-state index in [1.54, 1.807) is 0 Å². The van der Waals surface area contributed by atoms with Gasteiger partial charge in [0, 0.05) is 18.2 Å². The Kier molecular flexibility index (Phi) is 3.68. The molecule has 5 heteroatoms. The van der Waals surface area contributed by atoms with Crippen molar-refractivity contribution in [3.63, 3.8) is 0 Å². The summed E-state index contributed by atoms with van der Waals surface area (Å²) in [4.78, 5) is 11.6. The third kappa shape index (κ3) is 3.00. The summed E-state index contributed by atoms with van der Waals surface area (Å²) in [7, 11) is 0. The van der Waals surface area contributed by atoms with Crippen molar-refractivity contribution in [2.45, 2.75) is 18.9 Å². The Morgan fingerprint density at radius 3 is 3.00 bits per heavy atom. The molecule has 1 atom stereocenters. The molecule has 1 aromatic rings. The van der Waals surface area contributed by atoms with Crippen LogP contribution in [-0.2, 0) is 11.2 Å². The third-order valence-electron chi connectivity index (χ3n) is 2.81. The highest BCUT2D eigenvalue weighted by atomic mass is 19.2. The van der Waals surface area contributed by atoms with Crippen LogP contribution in [-0.4, -0.2) is 25.0 Å². The van der Waals surface area contributed by atoms with E-state index in [4.69, 9.17) is 0 Å². The average molecular weight is 240 g/mol. The smallest absolute Gasteiger partial charge is 0.224 e.